The van der Waals surface area contributed by atoms with Crippen molar-refractivity contribution in [2.24, 2.45) is 0 Å². The fourth-order valence-corrected chi connectivity index (χ4v) is 0.109. The Balaban J connectivity index is 3.70. The Kier molecular flexibility index (Phi) is 3.08. The van der Waals surface area contributed by atoms with Gasteiger partial charge in [-0.3, -0.25) is 0 Å². The van der Waals surface area contributed by atoms with Crippen LogP contribution in [0.2, 0.25) is 0 Å². The van der Waals surface area contributed by atoms with Gasteiger partial charge >= 0.3 is 12.7 Å². The van der Waals surface area contributed by atoms with E-state index in [1.54, 1.807) is 4.94 Å². The summed E-state index contributed by atoms with van der Waals surface area (Å²) in [7, 11) is 0. The summed E-state index contributed by atoms with van der Waals surface area (Å²) in [5.41, 5.74) is 0. The second-order valence-electron chi connectivity index (χ2n) is 1.15. The van der Waals surface area contributed by atoms with Crippen LogP contribution in [0.15, 0.2) is 0 Å². The first-order valence-electron chi connectivity index (χ1n) is 1.88. The van der Waals surface area contributed by atoms with Crippen LogP contribution >= 0.6 is 0 Å². The van der Waals surface area contributed by atoms with Gasteiger partial charge in [0.05, 0.1) is 0 Å². The van der Waals surface area contributed by atoms with Crippen LogP contribution in [-0.4, -0.2) is 12.7 Å². The number of halogens is 6. The van der Waals surface area contributed by atoms with Crippen molar-refractivity contribution in [2.45, 2.75) is 12.7 Å². The van der Waals surface area contributed by atoms with E-state index < -0.39 is 12.7 Å². The summed E-state index contributed by atoms with van der Waals surface area (Å²) in [4.78, 5) is 5.91. The minimum atomic E-state index is -5.44. The van der Waals surface area contributed by atoms with Crippen LogP contribution in [0.25, 0.3) is 0 Å². The van der Waals surface area contributed by atoms with E-state index in [4.69, 9.17) is 0 Å². The highest BCUT2D eigenvalue weighted by Crippen LogP contribution is 2.24. The third-order valence-corrected chi connectivity index (χ3v) is 0.323. The van der Waals surface area contributed by atoms with Gasteiger partial charge in [0.25, 0.3) is 0 Å². The maximum Gasteiger partial charge on any atom is 0.549 e. The monoisotopic (exact) mass is 186 g/mol. The molecule has 0 aromatic rings. The molecule has 0 aliphatic heterocycles. The maximum absolute atomic E-state index is 11.2. The standard InChI is InChI=1S/C2F6O3/c3-1(4,5)10-11-2(6,7)9-8. The Morgan fingerprint density at radius 2 is 1.27 bits per heavy atom. The van der Waals surface area contributed by atoms with E-state index in [1.165, 1.54) is 0 Å². The number of alkyl halides is 5. The van der Waals surface area contributed by atoms with Crippen LogP contribution in [0.3, 0.4) is 0 Å². The Morgan fingerprint density at radius 3 is 1.55 bits per heavy atom. The first-order valence-corrected chi connectivity index (χ1v) is 1.88. The Hall–Kier alpha value is -0.540. The van der Waals surface area contributed by atoms with Crippen molar-refractivity contribution in [3.05, 3.63) is 0 Å². The first-order chi connectivity index (χ1) is 4.77. The van der Waals surface area contributed by atoms with Gasteiger partial charge in [-0.05, 0) is 4.53 Å². The Labute approximate surface area is 55.3 Å². The van der Waals surface area contributed by atoms with Gasteiger partial charge in [-0.15, -0.1) is 31.7 Å². The second-order valence-corrected chi connectivity index (χ2v) is 1.15. The number of hydrogen-bond donors (Lipinski definition) is 0. The molecule has 0 aromatic heterocycles. The summed E-state index contributed by atoms with van der Waals surface area (Å²) in [5.74, 6) is 0. The van der Waals surface area contributed by atoms with Crippen LogP contribution in [0, 0.1) is 0 Å². The van der Waals surface area contributed by atoms with Crippen LogP contribution in [0.4, 0.5) is 26.5 Å². The summed E-state index contributed by atoms with van der Waals surface area (Å²) in [6.45, 7) is 0. The largest absolute Gasteiger partial charge is 0.549 e. The molecule has 0 radical (unpaired) electrons. The minimum absolute atomic E-state index is 1.65. The average molecular weight is 186 g/mol. The van der Waals surface area contributed by atoms with Gasteiger partial charge in [0.15, 0.2) is 0 Å². The summed E-state index contributed by atoms with van der Waals surface area (Å²) in [5, 5.41) is 0. The van der Waals surface area contributed by atoms with Crippen molar-refractivity contribution in [1.82, 2.24) is 0 Å². The van der Waals surface area contributed by atoms with Gasteiger partial charge in [-0.1, -0.05) is 4.94 Å². The zero-order chi connectivity index (χ0) is 9.12. The lowest BCUT2D eigenvalue weighted by Crippen LogP contribution is -2.26. The van der Waals surface area contributed by atoms with E-state index in [9.17, 15) is 26.5 Å². The highest BCUT2D eigenvalue weighted by atomic mass is 19.4. The molecular formula is C2F6O3. The summed E-state index contributed by atoms with van der Waals surface area (Å²) in [6.07, 6.45) is -10.5. The lowest BCUT2D eigenvalue weighted by atomic mass is 11.3. The number of rotatable bonds is 3. The van der Waals surface area contributed by atoms with Crippen molar-refractivity contribution in [3.8, 4) is 0 Å². The zero-order valence-corrected chi connectivity index (χ0v) is 4.49. The SMILES string of the molecule is FOC(F)(F)OOC(F)(F)F. The van der Waals surface area contributed by atoms with Crippen molar-refractivity contribution >= 4 is 0 Å². The molecule has 11 heavy (non-hydrogen) atoms. The van der Waals surface area contributed by atoms with Gasteiger partial charge in [0.2, 0.25) is 0 Å². The molecule has 0 spiro atoms. The molecule has 0 aromatic carbocycles. The molecule has 0 fully saturated rings. The van der Waals surface area contributed by atoms with Gasteiger partial charge < -0.3 is 0 Å². The van der Waals surface area contributed by atoms with E-state index in [0.29, 0.717) is 0 Å². The minimum Gasteiger partial charge on any atom is -0.144 e. The van der Waals surface area contributed by atoms with E-state index in [-0.39, 0.29) is 0 Å². The fourth-order valence-electron chi connectivity index (χ4n) is 0.109. The smallest absolute Gasteiger partial charge is 0.144 e. The van der Waals surface area contributed by atoms with Gasteiger partial charge in [0, 0.05) is 0 Å². The van der Waals surface area contributed by atoms with E-state index in [1.807, 2.05) is 0 Å². The summed E-state index contributed by atoms with van der Waals surface area (Å²) >= 11 is 0. The lowest BCUT2D eigenvalue weighted by molar-refractivity contribution is -0.615. The highest BCUT2D eigenvalue weighted by molar-refractivity contribution is 4.20. The van der Waals surface area contributed by atoms with Crippen molar-refractivity contribution in [2.75, 3.05) is 0 Å². The first kappa shape index (κ1) is 10.5. The molecule has 9 heteroatoms. The quantitative estimate of drug-likeness (QED) is 0.291. The predicted octanol–water partition coefficient (Wildman–Crippen LogP) is 1.91. The second kappa shape index (κ2) is 3.24. The molecular weight excluding hydrogens is 186 g/mol. The maximum atomic E-state index is 11.2. The molecule has 0 amide bonds. The number of hydrogen-bond acceptors (Lipinski definition) is 3. The van der Waals surface area contributed by atoms with Crippen molar-refractivity contribution in [3.63, 3.8) is 0 Å². The van der Waals surface area contributed by atoms with Crippen LogP contribution < -0.4 is 0 Å². The molecule has 68 valence electrons. The Morgan fingerprint density at radius 1 is 0.818 bits per heavy atom. The lowest BCUT2D eigenvalue weighted by Gasteiger charge is -2.10. The predicted molar refractivity (Wildman–Crippen MR) is 15.4 cm³/mol. The zero-order valence-electron chi connectivity index (χ0n) is 4.49. The van der Waals surface area contributed by atoms with Crippen LogP contribution in [0.1, 0.15) is 0 Å². The molecule has 0 aliphatic rings. The fraction of sp³-hybridized carbons (Fsp3) is 1.00. The van der Waals surface area contributed by atoms with E-state index in [2.05, 4.69) is 9.78 Å². The molecule has 0 saturated carbocycles. The summed E-state index contributed by atoms with van der Waals surface area (Å²) < 4.78 is 65.6. The molecule has 3 nitrogen and oxygen atoms in total. The average Bonchev–Trinajstić information content (AvgIpc) is 1.83. The van der Waals surface area contributed by atoms with Crippen molar-refractivity contribution < 1.29 is 41.2 Å². The van der Waals surface area contributed by atoms with Gasteiger partial charge in [-0.25, -0.2) is 0 Å². The van der Waals surface area contributed by atoms with E-state index in [0.717, 1.165) is 0 Å². The highest BCUT2D eigenvalue weighted by Gasteiger charge is 2.42. The molecule has 0 rings (SSSR count). The third kappa shape index (κ3) is 5.88. The molecule has 0 N–H and O–H groups in total. The molecule has 0 unspecified atom stereocenters. The Bertz CT molecular complexity index is 119. The van der Waals surface area contributed by atoms with Crippen molar-refractivity contribution in [1.29, 1.82) is 0 Å². The van der Waals surface area contributed by atoms with Crippen LogP contribution in [0.5, 0.6) is 0 Å². The molecule has 0 atom stereocenters. The van der Waals surface area contributed by atoms with Gasteiger partial charge in [-0.2, -0.15) is 0 Å². The van der Waals surface area contributed by atoms with E-state index >= 15 is 0 Å². The molecule has 0 aliphatic carbocycles. The topological polar surface area (TPSA) is 27.7 Å². The van der Waals surface area contributed by atoms with Crippen LogP contribution in [-0.2, 0) is 14.7 Å². The molecule has 0 saturated heterocycles. The molecule has 0 bridgehead atoms. The summed E-state index contributed by atoms with van der Waals surface area (Å²) in [6, 6.07) is 0. The third-order valence-electron chi connectivity index (χ3n) is 0.323. The molecule has 0 heterocycles. The normalized spacial score (nSPS) is 13.6. The van der Waals surface area contributed by atoms with Gasteiger partial charge in [0.1, 0.15) is 0 Å².